The first-order chi connectivity index (χ1) is 12.3. The molecular formula is C17H14N4O3S. The number of amides is 1. The van der Waals surface area contributed by atoms with Crippen molar-refractivity contribution < 1.29 is 14.3 Å². The lowest BCUT2D eigenvalue weighted by Gasteiger charge is -2.07. The van der Waals surface area contributed by atoms with Gasteiger partial charge in [-0.15, -0.1) is 21.5 Å². The van der Waals surface area contributed by atoms with E-state index in [0.29, 0.717) is 23.1 Å². The van der Waals surface area contributed by atoms with Crippen molar-refractivity contribution in [2.45, 2.75) is 6.54 Å². The highest BCUT2D eigenvalue weighted by atomic mass is 32.1. The van der Waals surface area contributed by atoms with Crippen molar-refractivity contribution in [2.24, 2.45) is 0 Å². The lowest BCUT2D eigenvalue weighted by molar-refractivity contribution is 0.103. The Bertz CT molecular complexity index is 881. The normalized spacial score (nSPS) is 12.0. The summed E-state index contributed by atoms with van der Waals surface area (Å²) in [7, 11) is 0. The first-order valence-corrected chi connectivity index (χ1v) is 8.47. The van der Waals surface area contributed by atoms with Gasteiger partial charge in [0, 0.05) is 6.54 Å². The maximum absolute atomic E-state index is 12.0. The number of carbonyl (C=O) groups excluding carboxylic acids is 1. The average molecular weight is 354 g/mol. The standard InChI is InChI=1S/C17H14N4O3S/c22-17(14-2-1-7-25-14)19-16-6-5-15(20-21-16)18-9-11-3-4-12-13(8-11)24-10-23-12/h1-8H,9-10H2,(H,18,20)(H,19,21,22). The fourth-order valence-electron chi connectivity index (χ4n) is 2.32. The molecule has 1 amide bonds. The van der Waals surface area contributed by atoms with Crippen molar-refractivity contribution in [3.05, 3.63) is 58.3 Å². The molecule has 1 aliphatic heterocycles. The molecule has 2 N–H and O–H groups in total. The first kappa shape index (κ1) is 15.4. The summed E-state index contributed by atoms with van der Waals surface area (Å²) in [6, 6.07) is 12.8. The summed E-state index contributed by atoms with van der Waals surface area (Å²) in [6.07, 6.45) is 0. The molecule has 8 heteroatoms. The highest BCUT2D eigenvalue weighted by Crippen LogP contribution is 2.32. The molecule has 0 atom stereocenters. The van der Waals surface area contributed by atoms with E-state index in [4.69, 9.17) is 9.47 Å². The molecule has 0 fully saturated rings. The molecule has 0 saturated heterocycles. The van der Waals surface area contributed by atoms with Gasteiger partial charge in [0.05, 0.1) is 4.88 Å². The van der Waals surface area contributed by atoms with Gasteiger partial charge in [-0.05, 0) is 41.3 Å². The van der Waals surface area contributed by atoms with Crippen molar-refractivity contribution in [1.82, 2.24) is 10.2 Å². The van der Waals surface area contributed by atoms with Crippen molar-refractivity contribution in [3.63, 3.8) is 0 Å². The zero-order valence-corrected chi connectivity index (χ0v) is 13.9. The van der Waals surface area contributed by atoms with Crippen LogP contribution in [0.4, 0.5) is 11.6 Å². The van der Waals surface area contributed by atoms with Crippen LogP contribution in [0.2, 0.25) is 0 Å². The summed E-state index contributed by atoms with van der Waals surface area (Å²) < 4.78 is 10.6. The van der Waals surface area contributed by atoms with Crippen LogP contribution >= 0.6 is 11.3 Å². The number of thiophene rings is 1. The minimum atomic E-state index is -0.189. The van der Waals surface area contributed by atoms with E-state index < -0.39 is 0 Å². The number of nitrogens with one attached hydrogen (secondary N) is 2. The van der Waals surface area contributed by atoms with Crippen LogP contribution in [0.5, 0.6) is 11.5 Å². The molecule has 0 aliphatic carbocycles. The molecule has 7 nitrogen and oxygen atoms in total. The summed E-state index contributed by atoms with van der Waals surface area (Å²) in [5, 5.41) is 15.8. The Morgan fingerprint density at radius 3 is 2.72 bits per heavy atom. The van der Waals surface area contributed by atoms with E-state index in [1.165, 1.54) is 11.3 Å². The van der Waals surface area contributed by atoms with Gasteiger partial charge in [-0.25, -0.2) is 0 Å². The number of rotatable bonds is 5. The smallest absolute Gasteiger partial charge is 0.266 e. The lowest BCUT2D eigenvalue weighted by Crippen LogP contribution is -2.12. The van der Waals surface area contributed by atoms with Crippen LogP contribution in [-0.2, 0) is 6.54 Å². The van der Waals surface area contributed by atoms with Crippen LogP contribution in [0.3, 0.4) is 0 Å². The predicted octanol–water partition coefficient (Wildman–Crippen LogP) is 3.13. The van der Waals surface area contributed by atoms with Crippen LogP contribution in [-0.4, -0.2) is 22.9 Å². The van der Waals surface area contributed by atoms with Gasteiger partial charge in [-0.3, -0.25) is 4.79 Å². The van der Waals surface area contributed by atoms with E-state index in [2.05, 4.69) is 20.8 Å². The molecular weight excluding hydrogens is 340 g/mol. The second-order valence-electron chi connectivity index (χ2n) is 5.28. The van der Waals surface area contributed by atoms with Crippen LogP contribution in [0.25, 0.3) is 0 Å². The fourth-order valence-corrected chi connectivity index (χ4v) is 2.94. The molecule has 2 aromatic heterocycles. The maximum atomic E-state index is 12.0. The number of hydrogen-bond acceptors (Lipinski definition) is 7. The van der Waals surface area contributed by atoms with Gasteiger partial charge in [-0.1, -0.05) is 12.1 Å². The zero-order chi connectivity index (χ0) is 17.1. The minimum absolute atomic E-state index is 0.189. The number of fused-ring (bicyclic) bond motifs is 1. The van der Waals surface area contributed by atoms with Crippen LogP contribution < -0.4 is 20.1 Å². The van der Waals surface area contributed by atoms with Crippen LogP contribution in [0.15, 0.2) is 47.8 Å². The van der Waals surface area contributed by atoms with Crippen molar-refractivity contribution in [2.75, 3.05) is 17.4 Å². The number of benzene rings is 1. The van der Waals surface area contributed by atoms with Crippen molar-refractivity contribution >= 4 is 28.9 Å². The molecule has 25 heavy (non-hydrogen) atoms. The van der Waals surface area contributed by atoms with Gasteiger partial charge in [0.2, 0.25) is 6.79 Å². The third-order valence-electron chi connectivity index (χ3n) is 3.56. The summed E-state index contributed by atoms with van der Waals surface area (Å²) in [5.41, 5.74) is 1.04. The molecule has 126 valence electrons. The SMILES string of the molecule is O=C(Nc1ccc(NCc2ccc3c(c2)OCO3)nn1)c1cccs1. The molecule has 0 spiro atoms. The predicted molar refractivity (Wildman–Crippen MR) is 94.2 cm³/mol. The summed E-state index contributed by atoms with van der Waals surface area (Å²) in [5.74, 6) is 2.34. The van der Waals surface area contributed by atoms with E-state index >= 15 is 0 Å². The molecule has 0 unspecified atom stereocenters. The Balaban J connectivity index is 1.35. The van der Waals surface area contributed by atoms with E-state index in [0.717, 1.165) is 17.1 Å². The van der Waals surface area contributed by atoms with Gasteiger partial charge in [0.15, 0.2) is 17.3 Å². The largest absolute Gasteiger partial charge is 0.454 e. The van der Waals surface area contributed by atoms with Gasteiger partial charge in [0.25, 0.3) is 5.91 Å². The summed E-state index contributed by atoms with van der Waals surface area (Å²) in [4.78, 5) is 12.6. The molecule has 0 bridgehead atoms. The first-order valence-electron chi connectivity index (χ1n) is 7.59. The van der Waals surface area contributed by atoms with E-state index in [9.17, 15) is 4.79 Å². The van der Waals surface area contributed by atoms with Crippen molar-refractivity contribution in [1.29, 1.82) is 0 Å². The molecule has 0 radical (unpaired) electrons. The van der Waals surface area contributed by atoms with Gasteiger partial charge >= 0.3 is 0 Å². The van der Waals surface area contributed by atoms with E-state index in [1.807, 2.05) is 29.6 Å². The number of ether oxygens (including phenoxy) is 2. The second-order valence-corrected chi connectivity index (χ2v) is 6.22. The third kappa shape index (κ3) is 3.53. The Kier molecular flexibility index (Phi) is 4.17. The Morgan fingerprint density at radius 2 is 1.92 bits per heavy atom. The summed E-state index contributed by atoms with van der Waals surface area (Å²) in [6.45, 7) is 0.836. The molecule has 3 heterocycles. The Labute approximate surface area is 147 Å². The Hall–Kier alpha value is -3.13. The van der Waals surface area contributed by atoms with Gasteiger partial charge < -0.3 is 20.1 Å². The third-order valence-corrected chi connectivity index (χ3v) is 4.43. The molecule has 4 rings (SSSR count). The number of aromatic nitrogens is 2. The quantitative estimate of drug-likeness (QED) is 0.732. The van der Waals surface area contributed by atoms with Crippen LogP contribution in [0, 0.1) is 0 Å². The number of nitrogens with zero attached hydrogens (tertiary/aromatic N) is 2. The minimum Gasteiger partial charge on any atom is -0.454 e. The lowest BCUT2D eigenvalue weighted by atomic mass is 10.2. The molecule has 1 aliphatic rings. The number of anilines is 2. The van der Waals surface area contributed by atoms with Crippen LogP contribution in [0.1, 0.15) is 15.2 Å². The fraction of sp³-hybridized carbons (Fsp3) is 0.118. The highest BCUT2D eigenvalue weighted by Gasteiger charge is 2.13. The molecule has 0 saturated carbocycles. The van der Waals surface area contributed by atoms with Gasteiger partial charge in [-0.2, -0.15) is 0 Å². The molecule has 1 aromatic carbocycles. The Morgan fingerprint density at radius 1 is 1.08 bits per heavy atom. The topological polar surface area (TPSA) is 85.4 Å². The average Bonchev–Trinajstić information content (AvgIpc) is 3.32. The van der Waals surface area contributed by atoms with Crippen molar-refractivity contribution in [3.8, 4) is 11.5 Å². The maximum Gasteiger partial charge on any atom is 0.266 e. The zero-order valence-electron chi connectivity index (χ0n) is 13.1. The van der Waals surface area contributed by atoms with E-state index in [1.54, 1.807) is 18.2 Å². The highest BCUT2D eigenvalue weighted by molar-refractivity contribution is 7.12. The second kappa shape index (κ2) is 6.78. The monoisotopic (exact) mass is 354 g/mol. The number of carbonyl (C=O) groups is 1. The summed E-state index contributed by atoms with van der Waals surface area (Å²) >= 11 is 1.38. The molecule has 3 aromatic rings. The van der Waals surface area contributed by atoms with Gasteiger partial charge in [0.1, 0.15) is 5.82 Å². The van der Waals surface area contributed by atoms with E-state index in [-0.39, 0.29) is 12.7 Å². The number of hydrogen-bond donors (Lipinski definition) is 2.